The van der Waals surface area contributed by atoms with Crippen LogP contribution in [-0.4, -0.2) is 21.6 Å². The Morgan fingerprint density at radius 2 is 1.96 bits per heavy atom. The number of hydrogen-bond donors (Lipinski definition) is 1. The van der Waals surface area contributed by atoms with Crippen LogP contribution in [0.15, 0.2) is 40.6 Å². The lowest BCUT2D eigenvalue weighted by atomic mass is 10.2. The van der Waals surface area contributed by atoms with Gasteiger partial charge in [-0.25, -0.2) is 8.42 Å². The molecular formula is C16H14F3NO3S2. The van der Waals surface area contributed by atoms with Crippen molar-refractivity contribution in [1.29, 1.82) is 0 Å². The van der Waals surface area contributed by atoms with Crippen LogP contribution in [-0.2, 0) is 16.2 Å². The largest absolute Gasteiger partial charge is 0.481 e. The average molecular weight is 389 g/mol. The first-order chi connectivity index (χ1) is 11.7. The van der Waals surface area contributed by atoms with Crippen LogP contribution in [0.3, 0.4) is 0 Å². The molecule has 25 heavy (non-hydrogen) atoms. The Morgan fingerprint density at radius 1 is 1.20 bits per heavy atom. The zero-order chi connectivity index (χ0) is 18.5. The van der Waals surface area contributed by atoms with Crippen LogP contribution in [0.1, 0.15) is 10.4 Å². The molecule has 0 saturated carbocycles. The Bertz CT molecular complexity index is 893. The molecule has 2 aromatic rings. The molecule has 0 bridgehead atoms. The number of rotatable bonds is 5. The molecule has 9 heteroatoms. The summed E-state index contributed by atoms with van der Waals surface area (Å²) in [5.74, 6) is 5.14. The first-order valence-electron chi connectivity index (χ1n) is 7.00. The first-order valence-corrected chi connectivity index (χ1v) is 9.30. The topological polar surface area (TPSA) is 55.4 Å². The summed E-state index contributed by atoms with van der Waals surface area (Å²) in [6, 6.07) is 7.66. The van der Waals surface area contributed by atoms with Crippen LogP contribution in [0, 0.1) is 18.8 Å². The lowest BCUT2D eigenvalue weighted by molar-refractivity contribution is -0.137. The highest BCUT2D eigenvalue weighted by atomic mass is 32.2. The molecule has 0 unspecified atom stereocenters. The summed E-state index contributed by atoms with van der Waals surface area (Å²) in [7, 11) is -3.60. The molecule has 134 valence electrons. The fourth-order valence-corrected chi connectivity index (χ4v) is 4.01. The maximum atomic E-state index is 12.6. The number of hydrogen-bond acceptors (Lipinski definition) is 4. The standard InChI is InChI=1S/C16H14F3NO3S2/c1-12-7-8-15(24-12)25(21,22)20-9-2-3-10-23-14-6-4-5-13(11-14)16(17,18)19/h4-8,11,20H,9-10H2,1H3. The zero-order valence-electron chi connectivity index (χ0n) is 13.1. The van der Waals surface area contributed by atoms with Gasteiger partial charge in [-0.3, -0.25) is 0 Å². The summed E-state index contributed by atoms with van der Waals surface area (Å²) < 4.78 is 69.2. The van der Waals surface area contributed by atoms with E-state index in [1.165, 1.54) is 18.2 Å². The fraction of sp³-hybridized carbons (Fsp3) is 0.250. The third kappa shape index (κ3) is 5.77. The molecule has 0 aliphatic heterocycles. The second kappa shape index (κ2) is 7.91. The van der Waals surface area contributed by atoms with E-state index in [-0.39, 0.29) is 23.1 Å². The molecule has 0 fully saturated rings. The van der Waals surface area contributed by atoms with Gasteiger partial charge in [0.2, 0.25) is 0 Å². The van der Waals surface area contributed by atoms with Gasteiger partial charge in [-0.05, 0) is 37.3 Å². The van der Waals surface area contributed by atoms with Gasteiger partial charge in [-0.15, -0.1) is 11.3 Å². The lowest BCUT2D eigenvalue weighted by Gasteiger charge is -2.08. The highest BCUT2D eigenvalue weighted by Gasteiger charge is 2.30. The van der Waals surface area contributed by atoms with Gasteiger partial charge in [0, 0.05) is 4.88 Å². The molecule has 0 radical (unpaired) electrons. The summed E-state index contributed by atoms with van der Waals surface area (Å²) >= 11 is 1.15. The monoisotopic (exact) mass is 389 g/mol. The predicted octanol–water partition coefficient (Wildman–Crippen LogP) is 3.44. The summed E-state index contributed by atoms with van der Waals surface area (Å²) in [5.41, 5.74) is -0.808. The number of benzene rings is 1. The molecule has 0 saturated heterocycles. The van der Waals surface area contributed by atoms with Gasteiger partial charge in [0.25, 0.3) is 10.0 Å². The van der Waals surface area contributed by atoms with Crippen LogP contribution < -0.4 is 9.46 Å². The predicted molar refractivity (Wildman–Crippen MR) is 89.0 cm³/mol. The summed E-state index contributed by atoms with van der Waals surface area (Å²) in [5, 5.41) is 0. The number of sulfonamides is 1. The Morgan fingerprint density at radius 3 is 2.60 bits per heavy atom. The van der Waals surface area contributed by atoms with Crippen molar-refractivity contribution in [2.24, 2.45) is 0 Å². The number of ether oxygens (including phenoxy) is 1. The molecule has 0 aliphatic rings. The van der Waals surface area contributed by atoms with Crippen LogP contribution in [0.25, 0.3) is 0 Å². The number of nitrogens with one attached hydrogen (secondary N) is 1. The normalized spacial score (nSPS) is 11.7. The van der Waals surface area contributed by atoms with Gasteiger partial charge >= 0.3 is 6.18 Å². The van der Waals surface area contributed by atoms with Crippen molar-refractivity contribution in [3.05, 3.63) is 46.8 Å². The third-order valence-electron chi connectivity index (χ3n) is 2.93. The van der Waals surface area contributed by atoms with Crippen LogP contribution in [0.5, 0.6) is 5.75 Å². The summed E-state index contributed by atoms with van der Waals surface area (Å²) in [6.07, 6.45) is -4.44. The molecule has 1 N–H and O–H groups in total. The molecule has 0 amide bonds. The minimum atomic E-state index is -4.44. The van der Waals surface area contributed by atoms with Gasteiger partial charge in [0.15, 0.2) is 0 Å². The van der Waals surface area contributed by atoms with Crippen molar-refractivity contribution in [3.8, 4) is 17.6 Å². The second-order valence-electron chi connectivity index (χ2n) is 4.86. The van der Waals surface area contributed by atoms with Crippen molar-refractivity contribution >= 4 is 21.4 Å². The molecule has 2 rings (SSSR count). The van der Waals surface area contributed by atoms with Crippen molar-refractivity contribution in [2.45, 2.75) is 17.3 Å². The molecule has 1 aromatic heterocycles. The Labute approximate surface area is 147 Å². The van der Waals surface area contributed by atoms with Gasteiger partial charge < -0.3 is 4.74 Å². The molecule has 1 heterocycles. The van der Waals surface area contributed by atoms with Gasteiger partial charge in [-0.2, -0.15) is 17.9 Å². The zero-order valence-corrected chi connectivity index (χ0v) is 14.7. The lowest BCUT2D eigenvalue weighted by Crippen LogP contribution is -2.23. The molecule has 0 spiro atoms. The number of aryl methyl sites for hydroxylation is 1. The summed E-state index contributed by atoms with van der Waals surface area (Å²) in [4.78, 5) is 0.876. The van der Waals surface area contributed by atoms with E-state index in [9.17, 15) is 21.6 Å². The SMILES string of the molecule is Cc1ccc(S(=O)(=O)NCC#CCOc2cccc(C(F)(F)F)c2)s1. The van der Waals surface area contributed by atoms with E-state index in [0.717, 1.165) is 28.3 Å². The molecule has 0 aliphatic carbocycles. The second-order valence-corrected chi connectivity index (χ2v) is 8.14. The smallest absolute Gasteiger partial charge is 0.416 e. The van der Waals surface area contributed by atoms with E-state index < -0.39 is 21.8 Å². The van der Waals surface area contributed by atoms with Crippen molar-refractivity contribution in [1.82, 2.24) is 4.72 Å². The van der Waals surface area contributed by atoms with Crippen molar-refractivity contribution < 1.29 is 26.3 Å². The highest BCUT2D eigenvalue weighted by Crippen LogP contribution is 2.31. The van der Waals surface area contributed by atoms with E-state index in [2.05, 4.69) is 16.6 Å². The highest BCUT2D eigenvalue weighted by molar-refractivity contribution is 7.91. The maximum absolute atomic E-state index is 12.6. The Kier molecular flexibility index (Phi) is 6.11. The van der Waals surface area contributed by atoms with Crippen LogP contribution in [0.2, 0.25) is 0 Å². The Balaban J connectivity index is 1.84. The van der Waals surface area contributed by atoms with E-state index >= 15 is 0 Å². The van der Waals surface area contributed by atoms with E-state index in [0.29, 0.717) is 0 Å². The van der Waals surface area contributed by atoms with E-state index in [1.807, 2.05) is 0 Å². The van der Waals surface area contributed by atoms with E-state index in [4.69, 9.17) is 4.74 Å². The summed E-state index contributed by atoms with van der Waals surface area (Å²) in [6.45, 7) is 1.53. The first kappa shape index (κ1) is 19.3. The van der Waals surface area contributed by atoms with Crippen molar-refractivity contribution in [3.63, 3.8) is 0 Å². The minimum absolute atomic E-state index is 0.0405. The average Bonchev–Trinajstić information content (AvgIpc) is 2.98. The molecule has 0 atom stereocenters. The molecule has 4 nitrogen and oxygen atoms in total. The number of thiophene rings is 1. The fourth-order valence-electron chi connectivity index (χ4n) is 1.75. The quantitative estimate of drug-likeness (QED) is 0.797. The minimum Gasteiger partial charge on any atom is -0.481 e. The number of alkyl halides is 3. The van der Waals surface area contributed by atoms with Crippen LogP contribution in [0.4, 0.5) is 13.2 Å². The third-order valence-corrected chi connectivity index (χ3v) is 5.82. The molecular weight excluding hydrogens is 375 g/mol. The van der Waals surface area contributed by atoms with Gasteiger partial charge in [0.05, 0.1) is 12.1 Å². The van der Waals surface area contributed by atoms with Crippen LogP contribution >= 0.6 is 11.3 Å². The maximum Gasteiger partial charge on any atom is 0.416 e. The number of halogens is 3. The van der Waals surface area contributed by atoms with Gasteiger partial charge in [-0.1, -0.05) is 17.9 Å². The van der Waals surface area contributed by atoms with Crippen molar-refractivity contribution in [2.75, 3.05) is 13.2 Å². The Hall–Kier alpha value is -2.02. The molecule has 1 aromatic carbocycles. The van der Waals surface area contributed by atoms with E-state index in [1.54, 1.807) is 13.0 Å². The van der Waals surface area contributed by atoms with Gasteiger partial charge in [0.1, 0.15) is 16.6 Å².